The predicted molar refractivity (Wildman–Crippen MR) is 48.6 cm³/mol. The van der Waals surface area contributed by atoms with Gasteiger partial charge >= 0.3 is 0 Å². The first-order valence-corrected chi connectivity index (χ1v) is 3.79. The molecule has 0 radical (unpaired) electrons. The van der Waals surface area contributed by atoms with Crippen LogP contribution < -0.4 is 15.8 Å². The first-order chi connectivity index (χ1) is 5.88. The van der Waals surface area contributed by atoms with E-state index in [0.717, 1.165) is 10.4 Å². The Labute approximate surface area is 70.2 Å². The minimum absolute atomic E-state index is 0.317. The molecule has 1 heterocycles. The lowest BCUT2D eigenvalue weighted by atomic mass is 10.2. The molecule has 0 saturated carbocycles. The normalized spacial score (nSPS) is 13.3. The van der Waals surface area contributed by atoms with E-state index in [4.69, 9.17) is 0 Å². The highest BCUT2D eigenvalue weighted by molar-refractivity contribution is 5.46. The van der Waals surface area contributed by atoms with Crippen LogP contribution in [0.1, 0.15) is 0 Å². The average Bonchev–Trinajstić information content (AvgIpc) is 2.30. The maximum atomic E-state index is 9.47. The Morgan fingerprint density at radius 3 is 3.08 bits per heavy atom. The molecule has 2 heteroatoms. The minimum Gasteiger partial charge on any atom is -0.507 e. The highest BCUT2D eigenvalue weighted by atomic mass is 16.3. The number of aromatic hydroxyl groups is 1. The Hall–Kier alpha value is -1.70. The molecule has 0 unspecified atom stereocenters. The number of phenolic OH excluding ortho intramolecular Hbond substituents is 1. The summed E-state index contributed by atoms with van der Waals surface area (Å²) in [5.74, 6) is 0.317. The van der Waals surface area contributed by atoms with Crippen molar-refractivity contribution < 1.29 is 5.11 Å². The van der Waals surface area contributed by atoms with Gasteiger partial charge in [0.15, 0.2) is 0 Å². The van der Waals surface area contributed by atoms with Crippen molar-refractivity contribution in [1.82, 2.24) is 5.32 Å². The quantitative estimate of drug-likeness (QED) is 0.559. The van der Waals surface area contributed by atoms with Crippen LogP contribution in [0, 0.1) is 0 Å². The van der Waals surface area contributed by atoms with Gasteiger partial charge in [-0.1, -0.05) is 12.1 Å². The Bertz CT molecular complexity index is 432. The molecule has 1 aromatic rings. The molecule has 1 aromatic carbocycles. The highest BCUT2D eigenvalue weighted by Crippen LogP contribution is 1.95. The summed E-state index contributed by atoms with van der Waals surface area (Å²) in [4.78, 5) is 0. The summed E-state index contributed by atoms with van der Waals surface area (Å²) in [5, 5.41) is 14.3. The topological polar surface area (TPSA) is 32.3 Å². The molecular formula is C10H9NO. The first kappa shape index (κ1) is 6.98. The zero-order valence-electron chi connectivity index (χ0n) is 6.49. The van der Waals surface area contributed by atoms with Gasteiger partial charge in [0.25, 0.3) is 0 Å². The zero-order valence-corrected chi connectivity index (χ0v) is 6.49. The Kier molecular flexibility index (Phi) is 1.59. The number of fused-ring (bicyclic) bond motifs is 1. The molecule has 2 nitrogen and oxygen atoms in total. The Morgan fingerprint density at radius 1 is 1.25 bits per heavy atom. The van der Waals surface area contributed by atoms with Gasteiger partial charge < -0.3 is 10.4 Å². The van der Waals surface area contributed by atoms with Crippen LogP contribution in [-0.4, -0.2) is 5.11 Å². The molecule has 0 amide bonds. The molecule has 0 spiro atoms. The molecule has 60 valence electrons. The van der Waals surface area contributed by atoms with Crippen molar-refractivity contribution in [2.75, 3.05) is 0 Å². The van der Waals surface area contributed by atoms with Crippen LogP contribution in [-0.2, 0) is 0 Å². The number of allylic oxidation sites excluding steroid dienone is 1. The second kappa shape index (κ2) is 2.74. The van der Waals surface area contributed by atoms with E-state index in [2.05, 4.69) is 5.32 Å². The lowest BCUT2D eigenvalue weighted by Gasteiger charge is -1.92. The summed E-state index contributed by atoms with van der Waals surface area (Å²) in [6, 6.07) is 5.46. The van der Waals surface area contributed by atoms with E-state index in [1.807, 2.05) is 36.7 Å². The average molecular weight is 159 g/mol. The number of benzene rings is 1. The third kappa shape index (κ3) is 1.07. The maximum Gasteiger partial charge on any atom is 0.123 e. The van der Waals surface area contributed by atoms with Gasteiger partial charge in [-0.25, -0.2) is 0 Å². The molecular weight excluding hydrogens is 150 g/mol. The van der Waals surface area contributed by atoms with E-state index in [1.54, 1.807) is 6.07 Å². The fraction of sp³-hybridized carbons (Fsp3) is 0. The van der Waals surface area contributed by atoms with Crippen LogP contribution >= 0.6 is 0 Å². The molecule has 12 heavy (non-hydrogen) atoms. The molecule has 1 aliphatic rings. The molecule has 1 aliphatic heterocycles. The SMILES string of the molecule is Oc1cccc2c1=CC=CNC=2. The van der Waals surface area contributed by atoms with Crippen molar-refractivity contribution >= 4 is 12.3 Å². The van der Waals surface area contributed by atoms with Crippen molar-refractivity contribution in [2.24, 2.45) is 0 Å². The first-order valence-electron chi connectivity index (χ1n) is 3.79. The van der Waals surface area contributed by atoms with Gasteiger partial charge in [-0.3, -0.25) is 0 Å². The fourth-order valence-electron chi connectivity index (χ4n) is 1.22. The van der Waals surface area contributed by atoms with Crippen molar-refractivity contribution in [3.8, 4) is 5.75 Å². The molecule has 0 aliphatic carbocycles. The lowest BCUT2D eigenvalue weighted by Crippen LogP contribution is -2.24. The van der Waals surface area contributed by atoms with E-state index < -0.39 is 0 Å². The zero-order chi connectivity index (χ0) is 8.39. The van der Waals surface area contributed by atoms with Gasteiger partial charge in [-0.2, -0.15) is 0 Å². The minimum atomic E-state index is 0.317. The smallest absolute Gasteiger partial charge is 0.123 e. The van der Waals surface area contributed by atoms with Crippen molar-refractivity contribution in [1.29, 1.82) is 0 Å². The molecule has 2 N–H and O–H groups in total. The molecule has 0 fully saturated rings. The van der Waals surface area contributed by atoms with Crippen molar-refractivity contribution in [2.45, 2.75) is 0 Å². The number of hydrogen-bond donors (Lipinski definition) is 2. The van der Waals surface area contributed by atoms with Gasteiger partial charge in [-0.05, 0) is 18.2 Å². The summed E-state index contributed by atoms with van der Waals surface area (Å²) in [6.45, 7) is 0. The van der Waals surface area contributed by atoms with E-state index in [-0.39, 0.29) is 0 Å². The summed E-state index contributed by atoms with van der Waals surface area (Å²) >= 11 is 0. The molecule has 0 aromatic heterocycles. The second-order valence-corrected chi connectivity index (χ2v) is 2.62. The van der Waals surface area contributed by atoms with Crippen LogP contribution in [0.3, 0.4) is 0 Å². The summed E-state index contributed by atoms with van der Waals surface area (Å²) in [5.41, 5.74) is 0. The number of nitrogens with one attached hydrogen (secondary N) is 1. The molecule has 0 saturated heterocycles. The van der Waals surface area contributed by atoms with Crippen LogP contribution in [0.5, 0.6) is 5.75 Å². The molecule has 2 rings (SSSR count). The summed E-state index contributed by atoms with van der Waals surface area (Å²) < 4.78 is 0. The van der Waals surface area contributed by atoms with Crippen LogP contribution in [0.25, 0.3) is 12.3 Å². The standard InChI is InChI=1S/C10H9NO/c12-10-5-1-3-8-7-11-6-2-4-9(8)10/h1-7,11-12H. The number of phenols is 1. The predicted octanol–water partition coefficient (Wildman–Crippen LogP) is 0.0276. The van der Waals surface area contributed by atoms with Gasteiger partial charge in [0.05, 0.1) is 0 Å². The fourth-order valence-corrected chi connectivity index (χ4v) is 1.22. The van der Waals surface area contributed by atoms with Gasteiger partial charge in [0.1, 0.15) is 5.75 Å². The second-order valence-electron chi connectivity index (χ2n) is 2.62. The summed E-state index contributed by atoms with van der Waals surface area (Å²) in [7, 11) is 0. The third-order valence-electron chi connectivity index (χ3n) is 1.81. The van der Waals surface area contributed by atoms with Crippen LogP contribution in [0.15, 0.2) is 30.5 Å². The monoisotopic (exact) mass is 159 g/mol. The molecule has 0 atom stereocenters. The highest BCUT2D eigenvalue weighted by Gasteiger charge is 1.92. The number of hydrogen-bond acceptors (Lipinski definition) is 2. The maximum absolute atomic E-state index is 9.47. The van der Waals surface area contributed by atoms with E-state index >= 15 is 0 Å². The van der Waals surface area contributed by atoms with Crippen LogP contribution in [0.2, 0.25) is 0 Å². The molecule has 0 bridgehead atoms. The van der Waals surface area contributed by atoms with Crippen LogP contribution in [0.4, 0.5) is 0 Å². The Morgan fingerprint density at radius 2 is 2.17 bits per heavy atom. The number of rotatable bonds is 0. The van der Waals surface area contributed by atoms with Crippen molar-refractivity contribution in [3.05, 3.63) is 40.9 Å². The largest absolute Gasteiger partial charge is 0.507 e. The van der Waals surface area contributed by atoms with Gasteiger partial charge in [0, 0.05) is 22.8 Å². The van der Waals surface area contributed by atoms with E-state index in [1.165, 1.54) is 0 Å². The van der Waals surface area contributed by atoms with Gasteiger partial charge in [0.2, 0.25) is 0 Å². The lowest BCUT2D eigenvalue weighted by molar-refractivity contribution is 0.470. The van der Waals surface area contributed by atoms with Crippen molar-refractivity contribution in [3.63, 3.8) is 0 Å². The third-order valence-corrected chi connectivity index (χ3v) is 1.81. The van der Waals surface area contributed by atoms with E-state index in [9.17, 15) is 5.11 Å². The van der Waals surface area contributed by atoms with E-state index in [0.29, 0.717) is 5.75 Å². The Balaban J connectivity index is 2.87. The van der Waals surface area contributed by atoms with Gasteiger partial charge in [-0.15, -0.1) is 0 Å². The summed E-state index contributed by atoms with van der Waals surface area (Å²) in [6.07, 6.45) is 7.41.